The van der Waals surface area contributed by atoms with Crippen LogP contribution in [0.5, 0.6) is 0 Å². The van der Waals surface area contributed by atoms with Gasteiger partial charge in [0.25, 0.3) is 0 Å². The van der Waals surface area contributed by atoms with Crippen LogP contribution in [0.15, 0.2) is 72.8 Å². The van der Waals surface area contributed by atoms with Gasteiger partial charge in [-0.05, 0) is 52.8 Å². The van der Waals surface area contributed by atoms with E-state index in [2.05, 4.69) is 98.9 Å². The number of benzene rings is 2. The number of hydrogen-bond donors (Lipinski definition) is 5. The van der Waals surface area contributed by atoms with Gasteiger partial charge in [-0.3, -0.25) is 14.4 Å². The lowest BCUT2D eigenvalue weighted by molar-refractivity contribution is -0.890. The van der Waals surface area contributed by atoms with Crippen molar-refractivity contribution in [2.24, 2.45) is 5.73 Å². The number of sulfone groups is 3. The van der Waals surface area contributed by atoms with E-state index in [1.807, 2.05) is 95.3 Å². The van der Waals surface area contributed by atoms with Crippen LogP contribution in [0.4, 0.5) is 0 Å². The summed E-state index contributed by atoms with van der Waals surface area (Å²) in [6.45, 7) is 41.2. The van der Waals surface area contributed by atoms with E-state index in [0.717, 1.165) is 78.3 Å². The second-order valence-electron chi connectivity index (χ2n) is 27.5. The maximum Gasteiger partial charge on any atom is 0.246 e. The number of thioether (sulfide) groups is 2. The van der Waals surface area contributed by atoms with Gasteiger partial charge in [-0.2, -0.15) is 17.9 Å². The van der Waals surface area contributed by atoms with Gasteiger partial charge in [0.2, 0.25) is 28.8 Å². The highest BCUT2D eigenvalue weighted by atomic mass is 32.2. The van der Waals surface area contributed by atoms with Gasteiger partial charge in [0.05, 0.1) is 118 Å². The number of thiocarbonyl (C=S) groups is 2. The molecule has 2 aromatic carbocycles. The minimum atomic E-state index is -2.95. The standard InChI is InChI=1S/C24H37N3O3S3.C17H33N3O3S2.C13H26N2O3S.C11H11NS2.CH5N/c1-23(2,25-4)19-24(3,32-21(31)20-13-9-8-10-14-20)22(28)26-15-11-16-27(5,6)17-12-18-33(7,29)30;1-16(2,18-4)14-17(3,24)15(21)19-10-8-11-20(5,6)12-9-13-25(7,22)23;1-12(2)13(16)14-8-6-9-15(3,4)10-7-11-19(5,17)18;1-11(2,8-12)14-10(13)9-6-4-3-5-7-9;1-2/h8-10,13-14H,11-12,15-19H2,1-3,5-7H3;8-14H2,1-3,5-7H3,(H-,19,21,24);1,6-11H2,2-5H3;3-7H,1-2H3;2H2,1H3/p+3. The Kier molecular flexibility index (Phi) is 43.4. The lowest BCUT2D eigenvalue weighted by Crippen LogP contribution is -2.48. The maximum atomic E-state index is 13.3. The Morgan fingerprint density at radius 1 is 0.570 bits per heavy atom. The number of rotatable bonds is 35. The molecule has 19 nitrogen and oxygen atoms in total. The Bertz CT molecular complexity index is 3140. The van der Waals surface area contributed by atoms with Gasteiger partial charge >= 0.3 is 0 Å². The lowest BCUT2D eigenvalue weighted by Gasteiger charge is -2.32. The third kappa shape index (κ3) is 49.2. The van der Waals surface area contributed by atoms with Crippen LogP contribution in [-0.4, -0.2) is 234 Å². The summed E-state index contributed by atoms with van der Waals surface area (Å²) in [5.41, 5.74) is 5.61. The molecule has 0 aliphatic carbocycles. The number of carbonyl (C=O) groups excluding carboxylic acids is 3. The fourth-order valence-electron chi connectivity index (χ4n) is 8.97. The molecule has 0 radical (unpaired) electrons. The van der Waals surface area contributed by atoms with Crippen molar-refractivity contribution in [1.82, 2.24) is 16.0 Å². The summed E-state index contributed by atoms with van der Waals surface area (Å²) in [7, 11) is 5.18. The van der Waals surface area contributed by atoms with Crippen LogP contribution in [0.2, 0.25) is 0 Å². The van der Waals surface area contributed by atoms with Crippen molar-refractivity contribution in [3.8, 4) is 6.07 Å². The molecule has 0 saturated heterocycles. The van der Waals surface area contributed by atoms with E-state index < -0.39 is 54.8 Å². The maximum absolute atomic E-state index is 13.3. The molecule has 0 saturated carbocycles. The average molecular weight is 1450 g/mol. The molecule has 27 heteroatoms. The van der Waals surface area contributed by atoms with Gasteiger partial charge in [0.1, 0.15) is 39.0 Å². The zero-order chi connectivity index (χ0) is 73.0. The monoisotopic (exact) mass is 1450 g/mol. The van der Waals surface area contributed by atoms with E-state index in [1.165, 1.54) is 49.3 Å². The van der Waals surface area contributed by atoms with E-state index in [9.17, 15) is 39.6 Å². The molecule has 0 aliphatic heterocycles. The average Bonchev–Trinajstić information content (AvgIpc) is 0.839. The van der Waals surface area contributed by atoms with E-state index >= 15 is 0 Å². The summed E-state index contributed by atoms with van der Waals surface area (Å²) in [5.74, 6) is 0.253. The van der Waals surface area contributed by atoms with Gasteiger partial charge in [0.15, 0.2) is 0 Å². The fourth-order valence-corrected chi connectivity index (χ4v) is 14.9. The largest absolute Gasteiger partial charge is 0.355 e. The fraction of sp³-hybridized carbons (Fsp3) is 0.667. The minimum absolute atomic E-state index is 0.109. The SMILES string of the molecule is C=C(C)C(=O)NCCC[N+](C)(C)CCCS(C)(=O)=O.CC(C)(C#N)SC(=S)c1ccccc1.CN.[C-]#[N+]C(C)(C)CC(C)(S)C(=O)NCCC[N+](C)(C)CCCS(C)(=O)=O.[C-]#[N+]C(C)(C)CC(C)(SC(=S)c1ccccc1)C(=O)NCCC[N+](C)(C)CCCS(C)(=O)=O. The zero-order valence-corrected chi connectivity index (χ0v) is 66.0. The van der Waals surface area contributed by atoms with Crippen molar-refractivity contribution in [3.63, 3.8) is 0 Å². The smallest absolute Gasteiger partial charge is 0.246 e. The van der Waals surface area contributed by atoms with E-state index in [-0.39, 0.29) is 35.0 Å². The van der Waals surface area contributed by atoms with E-state index in [4.69, 9.17) is 42.8 Å². The van der Waals surface area contributed by atoms with Crippen molar-refractivity contribution in [2.45, 2.75) is 139 Å². The summed E-state index contributed by atoms with van der Waals surface area (Å²) in [6, 6.07) is 21.6. The van der Waals surface area contributed by atoms with Crippen molar-refractivity contribution in [1.29, 1.82) is 5.26 Å². The molecule has 2 aromatic rings. The third-order valence-corrected chi connectivity index (χ3v) is 20.6. The summed E-state index contributed by atoms with van der Waals surface area (Å²) in [6.07, 6.45) is 8.90. The first-order chi connectivity index (χ1) is 42.3. The van der Waals surface area contributed by atoms with Crippen LogP contribution in [0.3, 0.4) is 0 Å². The van der Waals surface area contributed by atoms with Crippen molar-refractivity contribution in [2.75, 3.05) is 144 Å². The molecule has 528 valence electrons. The number of nitrogens with one attached hydrogen (secondary N) is 3. The molecular formula is C66H115N10O9S8+3. The van der Waals surface area contributed by atoms with Crippen molar-refractivity contribution < 1.29 is 53.1 Å². The molecule has 2 rings (SSSR count). The lowest BCUT2D eigenvalue weighted by atomic mass is 9.91. The number of quaternary nitrogens is 3. The molecule has 0 fully saturated rings. The summed E-state index contributed by atoms with van der Waals surface area (Å²) < 4.78 is 68.6. The predicted molar refractivity (Wildman–Crippen MR) is 404 cm³/mol. The van der Waals surface area contributed by atoms with Crippen molar-refractivity contribution >= 4 is 116 Å². The topological polar surface area (TPSA) is 248 Å². The highest BCUT2D eigenvalue weighted by Crippen LogP contribution is 2.38. The molecule has 0 heterocycles. The van der Waals surface area contributed by atoms with Crippen LogP contribution in [0, 0.1) is 24.5 Å². The Hall–Kier alpha value is -4.02. The molecule has 93 heavy (non-hydrogen) atoms. The Morgan fingerprint density at radius 3 is 1.18 bits per heavy atom. The number of nitrogens with two attached hydrogens (primary N) is 1. The second-order valence-corrected chi connectivity index (χ2v) is 39.8. The second kappa shape index (κ2) is 43.3. The molecule has 2 unspecified atom stereocenters. The zero-order valence-electron chi connectivity index (χ0n) is 59.4. The van der Waals surface area contributed by atoms with Gasteiger partial charge in [-0.15, -0.1) is 0 Å². The van der Waals surface area contributed by atoms with Crippen LogP contribution in [0.25, 0.3) is 9.69 Å². The Balaban J connectivity index is -0.00000120. The van der Waals surface area contributed by atoms with E-state index in [0.29, 0.717) is 70.5 Å². The molecular weight excluding hydrogens is 1330 g/mol. The molecule has 0 aliphatic rings. The first-order valence-corrected chi connectivity index (χ1v) is 39.9. The number of amides is 3. The first kappa shape index (κ1) is 93.2. The molecule has 0 spiro atoms. The number of hydrogen-bond acceptors (Lipinski definition) is 16. The van der Waals surface area contributed by atoms with Gasteiger partial charge in [-0.25, -0.2) is 38.4 Å². The van der Waals surface area contributed by atoms with E-state index in [1.54, 1.807) is 27.7 Å². The third-order valence-electron chi connectivity index (χ3n) is 14.0. The highest BCUT2D eigenvalue weighted by molar-refractivity contribution is 8.25. The van der Waals surface area contributed by atoms with Gasteiger partial charge in [-0.1, -0.05) is 115 Å². The Morgan fingerprint density at radius 2 is 0.871 bits per heavy atom. The number of thiol groups is 1. The molecule has 3 amide bonds. The molecule has 0 bridgehead atoms. The quantitative estimate of drug-likeness (QED) is 0.0108. The first-order valence-electron chi connectivity index (χ1n) is 30.8. The summed E-state index contributed by atoms with van der Waals surface area (Å²) in [5, 5.41) is 17.6. The predicted octanol–water partition coefficient (Wildman–Crippen LogP) is 9.29. The van der Waals surface area contributed by atoms with Crippen LogP contribution >= 0.6 is 60.6 Å². The van der Waals surface area contributed by atoms with Crippen LogP contribution < -0.4 is 21.7 Å². The minimum Gasteiger partial charge on any atom is -0.355 e. The van der Waals surface area contributed by atoms with Gasteiger partial charge in [0, 0.05) is 123 Å². The van der Waals surface area contributed by atoms with Gasteiger partial charge < -0.3 is 44.8 Å². The highest BCUT2D eigenvalue weighted by Gasteiger charge is 2.44. The summed E-state index contributed by atoms with van der Waals surface area (Å²) in [4.78, 5) is 44.1. The number of nitriles is 1. The normalized spacial score (nSPS) is 13.3. The van der Waals surface area contributed by atoms with Crippen molar-refractivity contribution in [3.05, 3.63) is 107 Å². The van der Waals surface area contributed by atoms with Crippen LogP contribution in [-0.2, 0) is 43.9 Å². The molecule has 0 aromatic heterocycles. The summed E-state index contributed by atoms with van der Waals surface area (Å²) >= 11 is 18.1. The number of carbonyl (C=O) groups is 3. The van der Waals surface area contributed by atoms with Crippen LogP contribution in [0.1, 0.15) is 125 Å². The Labute approximate surface area is 588 Å². The molecule has 2 atom stereocenters. The number of nitrogens with zero attached hydrogens (tertiary/aromatic N) is 6. The molecule has 5 N–H and O–H groups in total.